The molecule has 0 fully saturated rings. The fourth-order valence-corrected chi connectivity index (χ4v) is 0.958. The first-order valence-electron chi connectivity index (χ1n) is 3.78. The second-order valence-electron chi connectivity index (χ2n) is 2.84. The fraction of sp³-hybridized carbons (Fsp3) is 0.429. The van der Waals surface area contributed by atoms with Crippen LogP contribution in [-0.2, 0) is 0 Å². The molecule has 0 saturated heterocycles. The van der Waals surface area contributed by atoms with Crippen molar-refractivity contribution in [3.63, 3.8) is 0 Å². The highest BCUT2D eigenvalue weighted by molar-refractivity contribution is 5.31. The average Bonchev–Trinajstić information content (AvgIpc) is 2.50. The zero-order valence-corrected chi connectivity index (χ0v) is 7.10. The van der Waals surface area contributed by atoms with Crippen LogP contribution in [0.25, 0.3) is 0 Å². The van der Waals surface area contributed by atoms with Gasteiger partial charge in [0.1, 0.15) is 0 Å². The van der Waals surface area contributed by atoms with E-state index in [1.807, 2.05) is 0 Å². The zero-order valence-electron chi connectivity index (χ0n) is 7.10. The van der Waals surface area contributed by atoms with Gasteiger partial charge in [-0.1, -0.05) is 0 Å². The van der Waals surface area contributed by atoms with E-state index >= 15 is 0 Å². The monoisotopic (exact) mass is 185 g/mol. The Labute approximate surface area is 74.5 Å². The van der Waals surface area contributed by atoms with Gasteiger partial charge < -0.3 is 15.8 Å². The van der Waals surface area contributed by atoms with Crippen molar-refractivity contribution in [2.24, 2.45) is 5.73 Å². The third-order valence-corrected chi connectivity index (χ3v) is 1.78. The molecule has 0 spiro atoms. The number of aliphatic hydroxyl groups is 1. The Morgan fingerprint density at radius 1 is 1.77 bits per heavy atom. The molecule has 1 heterocycles. The van der Waals surface area contributed by atoms with Crippen LogP contribution in [0.4, 0.5) is 5.69 Å². The molecule has 0 aliphatic rings. The van der Waals surface area contributed by atoms with Crippen molar-refractivity contribution >= 4 is 5.69 Å². The number of nitrogens with one attached hydrogen (secondary N) is 1. The first kappa shape index (κ1) is 9.69. The van der Waals surface area contributed by atoms with Gasteiger partial charge in [-0.05, 0) is 6.92 Å². The molecule has 0 unspecified atom stereocenters. The van der Waals surface area contributed by atoms with Crippen LogP contribution in [0.2, 0.25) is 0 Å². The Hall–Kier alpha value is -1.40. The Morgan fingerprint density at radius 2 is 2.38 bits per heavy atom. The van der Waals surface area contributed by atoms with Crippen LogP contribution in [0.5, 0.6) is 0 Å². The summed E-state index contributed by atoms with van der Waals surface area (Å²) < 4.78 is 0. The average molecular weight is 185 g/mol. The number of rotatable bonds is 3. The van der Waals surface area contributed by atoms with Gasteiger partial charge in [-0.25, -0.2) is 0 Å². The molecule has 1 rings (SSSR count). The molecule has 6 heteroatoms. The summed E-state index contributed by atoms with van der Waals surface area (Å²) in [5.74, 6) is 0. The zero-order chi connectivity index (χ0) is 10.0. The molecule has 4 N–H and O–H groups in total. The maximum absolute atomic E-state index is 10.3. The number of hydrogen-bond acceptors (Lipinski definition) is 4. The third-order valence-electron chi connectivity index (χ3n) is 1.78. The van der Waals surface area contributed by atoms with Crippen LogP contribution in [0.3, 0.4) is 0 Å². The van der Waals surface area contributed by atoms with Crippen LogP contribution >= 0.6 is 0 Å². The molecule has 0 saturated carbocycles. The second-order valence-corrected chi connectivity index (χ2v) is 2.84. The highest BCUT2D eigenvalue weighted by atomic mass is 16.6. The van der Waals surface area contributed by atoms with E-state index in [4.69, 9.17) is 10.8 Å². The Balaban J connectivity index is 2.85. The predicted octanol–water partition coefficient (Wildman–Crippen LogP) is 0.304. The van der Waals surface area contributed by atoms with E-state index in [0.29, 0.717) is 5.69 Å². The van der Waals surface area contributed by atoms with Crippen LogP contribution in [0.15, 0.2) is 12.3 Å². The molecule has 0 bridgehead atoms. The molecule has 2 atom stereocenters. The highest BCUT2D eigenvalue weighted by Gasteiger charge is 2.17. The number of hydrogen-bond donors (Lipinski definition) is 3. The van der Waals surface area contributed by atoms with Gasteiger partial charge in [0.05, 0.1) is 23.3 Å². The number of aromatic amines is 1. The van der Waals surface area contributed by atoms with Crippen molar-refractivity contribution in [3.05, 3.63) is 28.1 Å². The van der Waals surface area contributed by atoms with E-state index in [0.717, 1.165) is 0 Å². The van der Waals surface area contributed by atoms with Crippen molar-refractivity contribution in [3.8, 4) is 0 Å². The number of H-pyrrole nitrogens is 1. The van der Waals surface area contributed by atoms with Crippen molar-refractivity contribution in [2.75, 3.05) is 0 Å². The molecule has 1 aromatic rings. The summed E-state index contributed by atoms with van der Waals surface area (Å²) in [6.45, 7) is 1.53. The molecule has 13 heavy (non-hydrogen) atoms. The van der Waals surface area contributed by atoms with Gasteiger partial charge in [-0.15, -0.1) is 0 Å². The Bertz CT molecular complexity index is 308. The van der Waals surface area contributed by atoms with E-state index in [-0.39, 0.29) is 5.69 Å². The number of aromatic nitrogens is 1. The molecule has 6 nitrogen and oxygen atoms in total. The summed E-state index contributed by atoms with van der Waals surface area (Å²) >= 11 is 0. The standard InChI is InChI=1S/C7H11N3O3/c1-4(11)7(8)6-2-5(3-9-6)10(12)13/h2-4,7,9,11H,8H2,1H3/t4-,7+/m1/s1. The van der Waals surface area contributed by atoms with Crippen LogP contribution in [-0.4, -0.2) is 21.1 Å². The van der Waals surface area contributed by atoms with E-state index < -0.39 is 17.1 Å². The Morgan fingerprint density at radius 3 is 2.77 bits per heavy atom. The molecular weight excluding hydrogens is 174 g/mol. The van der Waals surface area contributed by atoms with Crippen LogP contribution < -0.4 is 5.73 Å². The summed E-state index contributed by atoms with van der Waals surface area (Å²) in [5, 5.41) is 19.4. The van der Waals surface area contributed by atoms with E-state index in [1.54, 1.807) is 0 Å². The summed E-state index contributed by atoms with van der Waals surface area (Å²) in [7, 11) is 0. The summed E-state index contributed by atoms with van der Waals surface area (Å²) in [5.41, 5.74) is 5.96. The van der Waals surface area contributed by atoms with Gasteiger partial charge in [0, 0.05) is 11.8 Å². The fourth-order valence-electron chi connectivity index (χ4n) is 0.958. The van der Waals surface area contributed by atoms with Crippen molar-refractivity contribution in [1.82, 2.24) is 4.98 Å². The lowest BCUT2D eigenvalue weighted by Crippen LogP contribution is -2.23. The number of nitrogens with two attached hydrogens (primary N) is 1. The number of nitrogens with zero attached hydrogens (tertiary/aromatic N) is 1. The number of nitro groups is 1. The molecule has 0 aliphatic heterocycles. The molecule has 0 aromatic carbocycles. The van der Waals surface area contributed by atoms with Crippen molar-refractivity contribution in [1.29, 1.82) is 0 Å². The molecule has 0 amide bonds. The van der Waals surface area contributed by atoms with E-state index in [2.05, 4.69) is 4.98 Å². The van der Waals surface area contributed by atoms with Gasteiger partial charge in [0.25, 0.3) is 5.69 Å². The maximum atomic E-state index is 10.3. The largest absolute Gasteiger partial charge is 0.391 e. The molecule has 0 radical (unpaired) electrons. The molecule has 0 aliphatic carbocycles. The number of aliphatic hydroxyl groups excluding tert-OH is 1. The lowest BCUT2D eigenvalue weighted by atomic mass is 10.1. The van der Waals surface area contributed by atoms with E-state index in [9.17, 15) is 10.1 Å². The van der Waals surface area contributed by atoms with Gasteiger partial charge in [0.15, 0.2) is 0 Å². The predicted molar refractivity (Wildman–Crippen MR) is 46.1 cm³/mol. The molecular formula is C7H11N3O3. The first-order chi connectivity index (χ1) is 6.02. The van der Waals surface area contributed by atoms with Crippen molar-refractivity contribution < 1.29 is 10.0 Å². The van der Waals surface area contributed by atoms with Gasteiger partial charge >= 0.3 is 0 Å². The smallest absolute Gasteiger partial charge is 0.287 e. The quantitative estimate of drug-likeness (QED) is 0.465. The first-order valence-corrected chi connectivity index (χ1v) is 3.78. The maximum Gasteiger partial charge on any atom is 0.287 e. The lowest BCUT2D eigenvalue weighted by molar-refractivity contribution is -0.384. The van der Waals surface area contributed by atoms with Gasteiger partial charge in [-0.2, -0.15) is 0 Å². The normalized spacial score (nSPS) is 15.3. The summed E-state index contributed by atoms with van der Waals surface area (Å²) in [4.78, 5) is 12.4. The van der Waals surface area contributed by atoms with Crippen LogP contribution in [0.1, 0.15) is 18.7 Å². The van der Waals surface area contributed by atoms with Gasteiger partial charge in [0.2, 0.25) is 0 Å². The lowest BCUT2D eigenvalue weighted by Gasteiger charge is -2.11. The summed E-state index contributed by atoms with van der Waals surface area (Å²) in [6.07, 6.45) is 0.510. The SMILES string of the molecule is C[C@@H](O)[C@H](N)c1cc([N+](=O)[O-])c[nH]1. The minimum atomic E-state index is -0.738. The molecule has 1 aromatic heterocycles. The van der Waals surface area contributed by atoms with Gasteiger partial charge in [-0.3, -0.25) is 10.1 Å². The minimum absolute atomic E-state index is 0.0499. The second kappa shape index (κ2) is 3.55. The van der Waals surface area contributed by atoms with Crippen LogP contribution in [0, 0.1) is 10.1 Å². The molecule has 72 valence electrons. The highest BCUT2D eigenvalue weighted by Crippen LogP contribution is 2.18. The third kappa shape index (κ3) is 2.04. The summed E-state index contributed by atoms with van der Waals surface area (Å²) in [6, 6.07) is 0.700. The van der Waals surface area contributed by atoms with E-state index in [1.165, 1.54) is 19.2 Å². The topological polar surface area (TPSA) is 105 Å². The van der Waals surface area contributed by atoms with Crippen molar-refractivity contribution in [2.45, 2.75) is 19.1 Å². The Kier molecular flexibility index (Phi) is 2.64. The minimum Gasteiger partial charge on any atom is -0.391 e.